The summed E-state index contributed by atoms with van der Waals surface area (Å²) in [6, 6.07) is 17.0. The Hall–Kier alpha value is -4.46. The van der Waals surface area contributed by atoms with Crippen molar-refractivity contribution in [2.75, 3.05) is 6.61 Å². The number of hydrogen-bond donors (Lipinski definition) is 5. The van der Waals surface area contributed by atoms with E-state index in [0.717, 1.165) is 0 Å². The van der Waals surface area contributed by atoms with Crippen LogP contribution in [0.3, 0.4) is 0 Å². The molecule has 5 atom stereocenters. The van der Waals surface area contributed by atoms with Gasteiger partial charge in [-0.1, -0.05) is 67.6 Å². The monoisotopic (exact) mass is 655 g/mol. The molecule has 1 heterocycles. The van der Waals surface area contributed by atoms with Gasteiger partial charge in [-0.2, -0.15) is 0 Å². The van der Waals surface area contributed by atoms with Crippen LogP contribution in [0, 0.1) is 5.92 Å². The number of carbonyl (C=O) groups excluding carboxylic acids is 3. The maximum Gasteiger partial charge on any atom is 0.414 e. The third-order valence-corrected chi connectivity index (χ3v) is 6.71. The third kappa shape index (κ3) is 11.4. The Morgan fingerprint density at radius 2 is 1.32 bits per heavy atom. The molecular weight excluding hydrogens is 610 g/mol. The first kappa shape index (κ1) is 37.0. The second-order valence-electron chi connectivity index (χ2n) is 13.0. The highest BCUT2D eigenvalue weighted by atomic mass is 16.6. The number of benzene rings is 2. The number of esters is 1. The average Bonchev–Trinajstić information content (AvgIpc) is 2.98. The van der Waals surface area contributed by atoms with Crippen LogP contribution in [0.2, 0.25) is 0 Å². The number of hydrogen-bond acceptors (Lipinski definition) is 11. The van der Waals surface area contributed by atoms with Crippen LogP contribution >= 0.6 is 0 Å². The number of nitrogens with one attached hydrogen (secondary N) is 2. The van der Waals surface area contributed by atoms with E-state index in [4.69, 9.17) is 18.9 Å². The Morgan fingerprint density at radius 1 is 0.851 bits per heavy atom. The molecule has 2 aromatic rings. The number of aliphatic hydroxyl groups excluding tert-OH is 3. The summed E-state index contributed by atoms with van der Waals surface area (Å²) in [7, 11) is 0. The maximum absolute atomic E-state index is 13.7. The van der Waals surface area contributed by atoms with E-state index in [1.165, 1.54) is 6.08 Å². The first-order valence-electron chi connectivity index (χ1n) is 15.2. The van der Waals surface area contributed by atoms with Crippen LogP contribution in [0.5, 0.6) is 0 Å². The predicted octanol–water partition coefficient (Wildman–Crippen LogP) is 3.73. The third-order valence-electron chi connectivity index (χ3n) is 6.71. The summed E-state index contributed by atoms with van der Waals surface area (Å²) in [5, 5.41) is 35.5. The van der Waals surface area contributed by atoms with E-state index in [1.54, 1.807) is 97.0 Å². The van der Waals surface area contributed by atoms with Gasteiger partial charge in [0.25, 0.3) is 0 Å². The van der Waals surface area contributed by atoms with Crippen molar-refractivity contribution in [1.29, 1.82) is 0 Å². The number of amides is 2. The van der Waals surface area contributed by atoms with E-state index in [1.807, 2.05) is 12.1 Å². The highest BCUT2D eigenvalue weighted by Crippen LogP contribution is 2.32. The molecular formula is C34H45N3O10. The number of alkyl carbamates (subject to hydrolysis) is 2. The van der Waals surface area contributed by atoms with Crippen LogP contribution in [0.4, 0.5) is 9.59 Å². The molecule has 47 heavy (non-hydrogen) atoms. The molecule has 5 N–H and O–H groups in total. The Bertz CT molecular complexity index is 1350. The Kier molecular flexibility index (Phi) is 12.5. The Labute approximate surface area is 274 Å². The molecule has 3 rings (SSSR count). The summed E-state index contributed by atoms with van der Waals surface area (Å²) >= 11 is 0. The van der Waals surface area contributed by atoms with Gasteiger partial charge in [0, 0.05) is 5.92 Å². The lowest BCUT2D eigenvalue weighted by Crippen LogP contribution is -2.51. The minimum atomic E-state index is -1.66. The molecule has 1 aliphatic heterocycles. The molecule has 256 valence electrons. The lowest BCUT2D eigenvalue weighted by molar-refractivity contribution is -0.155. The molecule has 0 saturated carbocycles. The van der Waals surface area contributed by atoms with E-state index in [0.29, 0.717) is 11.1 Å². The summed E-state index contributed by atoms with van der Waals surface area (Å²) in [6.07, 6.45) is -5.95. The number of aliphatic hydroxyl groups is 3. The zero-order valence-electron chi connectivity index (χ0n) is 27.7. The van der Waals surface area contributed by atoms with Gasteiger partial charge in [0.2, 0.25) is 11.7 Å². The minimum absolute atomic E-state index is 0.350. The number of nitrogens with zero attached hydrogens (tertiary/aromatic N) is 1. The van der Waals surface area contributed by atoms with Crippen LogP contribution in [-0.2, 0) is 23.7 Å². The standard InChI is InChI=1S/C34H45N3O10/c1-20-23(35-30(36-31(42)46-33(2,3)4)37-32(43)47-34(5,6)7)18-25(44-27(20)26(40)24(39)19-38)29(41)45-28(21-14-10-8-11-15-21)22-16-12-9-13-17-22/h8-18,20,23-24,26-28,38-40H,19H2,1-7H3,(H2,35,36,37,42,43)/t20-,23+,24-,26-,27-/m1/s1. The minimum Gasteiger partial charge on any atom is -0.480 e. The normalized spacial score (nSPS) is 19.3. The molecule has 2 aromatic carbocycles. The largest absolute Gasteiger partial charge is 0.480 e. The van der Waals surface area contributed by atoms with Crippen molar-refractivity contribution in [2.24, 2.45) is 10.9 Å². The van der Waals surface area contributed by atoms with E-state index in [-0.39, 0.29) is 11.7 Å². The molecule has 13 nitrogen and oxygen atoms in total. The molecule has 0 unspecified atom stereocenters. The fraction of sp³-hybridized carbons (Fsp3) is 0.471. The van der Waals surface area contributed by atoms with Gasteiger partial charge in [-0.25, -0.2) is 19.4 Å². The summed E-state index contributed by atoms with van der Waals surface area (Å²) in [4.78, 5) is 43.6. The van der Waals surface area contributed by atoms with Crippen molar-refractivity contribution in [1.82, 2.24) is 10.6 Å². The molecule has 2 amide bonds. The van der Waals surface area contributed by atoms with Crippen molar-refractivity contribution in [3.05, 3.63) is 83.6 Å². The topological polar surface area (TPSA) is 185 Å². The van der Waals surface area contributed by atoms with Crippen LogP contribution in [0.25, 0.3) is 0 Å². The molecule has 1 aliphatic rings. The van der Waals surface area contributed by atoms with E-state index in [2.05, 4.69) is 15.6 Å². The summed E-state index contributed by atoms with van der Waals surface area (Å²) in [5.41, 5.74) is -0.394. The lowest BCUT2D eigenvalue weighted by Gasteiger charge is -2.37. The van der Waals surface area contributed by atoms with Crippen LogP contribution in [-0.4, -0.2) is 81.6 Å². The van der Waals surface area contributed by atoms with Crippen molar-refractivity contribution in [2.45, 2.75) is 90.1 Å². The quantitative estimate of drug-likeness (QED) is 0.122. The molecule has 0 aliphatic carbocycles. The average molecular weight is 656 g/mol. The van der Waals surface area contributed by atoms with Crippen LogP contribution in [0.15, 0.2) is 77.5 Å². The maximum atomic E-state index is 13.7. The predicted molar refractivity (Wildman–Crippen MR) is 172 cm³/mol. The van der Waals surface area contributed by atoms with Crippen molar-refractivity contribution >= 4 is 24.1 Å². The molecule has 0 bridgehead atoms. The fourth-order valence-corrected chi connectivity index (χ4v) is 4.57. The summed E-state index contributed by atoms with van der Waals surface area (Å²) < 4.78 is 22.5. The number of aliphatic imine (C=N–C) groups is 1. The van der Waals surface area contributed by atoms with E-state index >= 15 is 0 Å². The molecule has 13 heteroatoms. The second kappa shape index (κ2) is 15.9. The zero-order valence-corrected chi connectivity index (χ0v) is 27.7. The molecule has 0 saturated heterocycles. The van der Waals surface area contributed by atoms with Gasteiger partial charge in [0.15, 0.2) is 6.10 Å². The van der Waals surface area contributed by atoms with Gasteiger partial charge in [0.05, 0.1) is 12.6 Å². The molecule has 0 fully saturated rings. The second-order valence-corrected chi connectivity index (χ2v) is 13.0. The van der Waals surface area contributed by atoms with Gasteiger partial charge in [-0.3, -0.25) is 10.6 Å². The van der Waals surface area contributed by atoms with E-state index in [9.17, 15) is 29.7 Å². The Morgan fingerprint density at radius 3 is 1.74 bits per heavy atom. The van der Waals surface area contributed by atoms with Gasteiger partial charge < -0.3 is 34.3 Å². The molecule has 0 aromatic heterocycles. The van der Waals surface area contributed by atoms with Crippen molar-refractivity contribution in [3.63, 3.8) is 0 Å². The van der Waals surface area contributed by atoms with Gasteiger partial charge in [0.1, 0.15) is 29.5 Å². The first-order valence-corrected chi connectivity index (χ1v) is 15.2. The molecule has 0 spiro atoms. The van der Waals surface area contributed by atoms with Gasteiger partial charge in [-0.05, 0) is 58.7 Å². The number of guanidine groups is 1. The van der Waals surface area contributed by atoms with Gasteiger partial charge >= 0.3 is 18.2 Å². The SMILES string of the molecule is C[C@H]1[C@H]([C@H](O)[C@H](O)CO)OC(C(=O)OC(c2ccccc2)c2ccccc2)=C[C@@H]1N=C(NC(=O)OC(C)(C)C)NC(=O)OC(C)(C)C. The lowest BCUT2D eigenvalue weighted by atomic mass is 9.88. The Balaban J connectivity index is 2.05. The zero-order chi connectivity index (χ0) is 34.9. The number of ether oxygens (including phenoxy) is 4. The first-order chi connectivity index (χ1) is 22.0. The number of carbonyl (C=O) groups is 3. The fourth-order valence-electron chi connectivity index (χ4n) is 4.57. The highest BCUT2D eigenvalue weighted by molar-refractivity contribution is 6.01. The van der Waals surface area contributed by atoms with Crippen LogP contribution < -0.4 is 10.6 Å². The number of rotatable bonds is 8. The smallest absolute Gasteiger partial charge is 0.414 e. The summed E-state index contributed by atoms with van der Waals surface area (Å²) in [6.45, 7) is 10.8. The molecule has 0 radical (unpaired) electrons. The van der Waals surface area contributed by atoms with E-state index < -0.39 is 72.3 Å². The summed E-state index contributed by atoms with van der Waals surface area (Å²) in [5.74, 6) is -2.42. The van der Waals surface area contributed by atoms with Crippen molar-refractivity contribution in [3.8, 4) is 0 Å². The van der Waals surface area contributed by atoms with Crippen LogP contribution in [0.1, 0.15) is 65.7 Å². The van der Waals surface area contributed by atoms with Gasteiger partial charge in [-0.15, -0.1) is 0 Å². The van der Waals surface area contributed by atoms with Crippen molar-refractivity contribution < 1.29 is 48.7 Å². The highest BCUT2D eigenvalue weighted by Gasteiger charge is 2.42.